The van der Waals surface area contributed by atoms with E-state index in [1.54, 1.807) is 43.3 Å². The van der Waals surface area contributed by atoms with Gasteiger partial charge in [-0.25, -0.2) is 9.48 Å². The highest BCUT2D eigenvalue weighted by Crippen LogP contribution is 2.36. The number of halogens is 3. The zero-order chi connectivity index (χ0) is 30.0. The van der Waals surface area contributed by atoms with Gasteiger partial charge in [-0.1, -0.05) is 36.4 Å². The highest BCUT2D eigenvalue weighted by Gasteiger charge is 2.42. The van der Waals surface area contributed by atoms with Crippen molar-refractivity contribution in [3.63, 3.8) is 0 Å². The zero-order valence-electron chi connectivity index (χ0n) is 23.3. The first-order valence-corrected chi connectivity index (χ1v) is 13.7. The van der Waals surface area contributed by atoms with E-state index in [2.05, 4.69) is 29.1 Å². The normalized spacial score (nSPS) is 17.7. The average Bonchev–Trinajstić information content (AvgIpc) is 3.43. The van der Waals surface area contributed by atoms with Crippen LogP contribution in [0.2, 0.25) is 0 Å². The fraction of sp³-hybridized carbons (Fsp3) is 0.355. The lowest BCUT2D eigenvalue weighted by atomic mass is 9.86. The van der Waals surface area contributed by atoms with E-state index in [-0.39, 0.29) is 18.9 Å². The molecule has 220 valence electrons. The Labute approximate surface area is 241 Å². The maximum Gasteiger partial charge on any atom is 0.434 e. The summed E-state index contributed by atoms with van der Waals surface area (Å²) in [5.41, 5.74) is 2.16. The molecule has 3 aromatic rings. The minimum Gasteiger partial charge on any atom is -0.488 e. The number of dihydropyridines is 1. The molecule has 0 radical (unpaired) electrons. The Morgan fingerprint density at radius 3 is 2.52 bits per heavy atom. The van der Waals surface area contributed by atoms with E-state index < -0.39 is 29.6 Å². The third-order valence-corrected chi connectivity index (χ3v) is 7.76. The van der Waals surface area contributed by atoms with Crippen molar-refractivity contribution in [2.75, 3.05) is 13.1 Å². The van der Waals surface area contributed by atoms with Gasteiger partial charge >= 0.3 is 12.1 Å². The Hall–Kier alpha value is -4.41. The third kappa shape index (κ3) is 6.09. The first-order valence-electron chi connectivity index (χ1n) is 13.7. The van der Waals surface area contributed by atoms with Gasteiger partial charge in [0.1, 0.15) is 24.1 Å². The van der Waals surface area contributed by atoms with Crippen molar-refractivity contribution in [3.05, 3.63) is 94.3 Å². The molecule has 1 amide bonds. The third-order valence-electron chi connectivity index (χ3n) is 7.76. The first kappa shape index (κ1) is 29.1. The number of para-hydroxylation sites is 1. The molecule has 1 saturated heterocycles. The van der Waals surface area contributed by atoms with Crippen LogP contribution in [0.1, 0.15) is 76.6 Å². The Morgan fingerprint density at radius 1 is 1.12 bits per heavy atom. The molecule has 8 nitrogen and oxygen atoms in total. The largest absolute Gasteiger partial charge is 0.488 e. The molecule has 0 aliphatic carbocycles. The molecule has 2 aliphatic heterocycles. The van der Waals surface area contributed by atoms with Gasteiger partial charge in [0.15, 0.2) is 5.69 Å². The number of nitrogens with zero attached hydrogens (tertiary/aromatic N) is 4. The number of aryl methyl sites for hydroxylation is 1. The summed E-state index contributed by atoms with van der Waals surface area (Å²) in [6.07, 6.45) is 0.108. The molecular weight excluding hydrogens is 549 g/mol. The van der Waals surface area contributed by atoms with Crippen molar-refractivity contribution in [3.8, 4) is 5.75 Å². The lowest BCUT2D eigenvalue weighted by Gasteiger charge is -2.32. The highest BCUT2D eigenvalue weighted by atomic mass is 19.4. The van der Waals surface area contributed by atoms with Gasteiger partial charge in [-0.05, 0) is 60.6 Å². The van der Waals surface area contributed by atoms with Gasteiger partial charge in [0.05, 0.1) is 11.9 Å². The zero-order valence-corrected chi connectivity index (χ0v) is 23.3. The Bertz CT molecular complexity index is 1550. The van der Waals surface area contributed by atoms with Crippen molar-refractivity contribution in [1.82, 2.24) is 14.7 Å². The predicted octanol–water partition coefficient (Wildman–Crippen LogP) is 6.16. The molecule has 1 aromatic heterocycles. The van der Waals surface area contributed by atoms with Crippen LogP contribution in [-0.2, 0) is 17.6 Å². The number of aromatic nitrogens is 2. The number of carboxylic acids is 1. The number of carbonyl (C=O) groups is 2. The summed E-state index contributed by atoms with van der Waals surface area (Å²) < 4.78 is 48.1. The Morgan fingerprint density at radius 2 is 1.86 bits per heavy atom. The standard InChI is InChI=1S/C31H31F3N4O4/c1-19-16-21(10-11-23(19)22-12-14-37(15-13-22)20(2)39)18-42-27-8-4-3-6-24(27)26-7-5-9-28(36-26)38-29(31(32,33)34)25(17-35-38)30(40)41/h3-8,10-11,16-17,22,28H,9,12-15,18H2,1-2H3,(H,40,41). The van der Waals surface area contributed by atoms with Gasteiger partial charge < -0.3 is 14.7 Å². The van der Waals surface area contributed by atoms with Crippen LogP contribution in [0.5, 0.6) is 5.75 Å². The molecule has 3 heterocycles. The minimum atomic E-state index is -4.92. The minimum absolute atomic E-state index is 0.114. The monoisotopic (exact) mass is 580 g/mol. The molecular formula is C31H31F3N4O4. The number of amides is 1. The highest BCUT2D eigenvalue weighted by molar-refractivity contribution is 6.10. The maximum absolute atomic E-state index is 13.8. The van der Waals surface area contributed by atoms with E-state index in [1.807, 2.05) is 11.0 Å². The molecule has 11 heteroatoms. The number of aromatic carboxylic acids is 1. The van der Waals surface area contributed by atoms with Gasteiger partial charge in [0.25, 0.3) is 0 Å². The number of aliphatic imine (C=N–C) groups is 1. The smallest absolute Gasteiger partial charge is 0.434 e. The van der Waals surface area contributed by atoms with Gasteiger partial charge in [0, 0.05) is 32.0 Å². The van der Waals surface area contributed by atoms with Gasteiger partial charge in [-0.2, -0.15) is 18.3 Å². The number of benzene rings is 2. The number of ether oxygens (including phenoxy) is 1. The Kier molecular flexibility index (Phi) is 8.20. The topological polar surface area (TPSA) is 97.0 Å². The van der Waals surface area contributed by atoms with E-state index in [0.717, 1.165) is 37.1 Å². The fourth-order valence-electron chi connectivity index (χ4n) is 5.66. The van der Waals surface area contributed by atoms with Crippen LogP contribution in [0.25, 0.3) is 0 Å². The maximum atomic E-state index is 13.8. The van der Waals surface area contributed by atoms with Gasteiger partial charge in [-0.15, -0.1) is 0 Å². The van der Waals surface area contributed by atoms with Gasteiger partial charge in [0.2, 0.25) is 5.91 Å². The first-order chi connectivity index (χ1) is 20.0. The molecule has 1 fully saturated rings. The number of hydrogen-bond donors (Lipinski definition) is 1. The Balaban J connectivity index is 1.33. The predicted molar refractivity (Wildman–Crippen MR) is 150 cm³/mol. The van der Waals surface area contributed by atoms with Crippen LogP contribution in [0.3, 0.4) is 0 Å². The number of carbonyl (C=O) groups excluding carboxylic acids is 1. The van der Waals surface area contributed by atoms with Crippen molar-refractivity contribution in [2.45, 2.75) is 58.0 Å². The number of carboxylic acid groups (broad SMARTS) is 1. The molecule has 0 bridgehead atoms. The number of piperidine rings is 1. The average molecular weight is 581 g/mol. The van der Waals surface area contributed by atoms with Crippen molar-refractivity contribution < 1.29 is 32.6 Å². The second-order valence-corrected chi connectivity index (χ2v) is 10.5. The van der Waals surface area contributed by atoms with E-state index in [1.165, 1.54) is 5.56 Å². The molecule has 0 spiro atoms. The molecule has 42 heavy (non-hydrogen) atoms. The summed E-state index contributed by atoms with van der Waals surface area (Å²) in [5.74, 6) is -0.672. The molecule has 5 rings (SSSR count). The van der Waals surface area contributed by atoms with Crippen LogP contribution < -0.4 is 4.74 Å². The number of hydrogen-bond acceptors (Lipinski definition) is 5. The van der Waals surface area contributed by atoms with E-state index in [4.69, 9.17) is 4.74 Å². The number of allylic oxidation sites excluding steroid dienone is 1. The summed E-state index contributed by atoms with van der Waals surface area (Å²) in [5, 5.41) is 13.0. The van der Waals surface area contributed by atoms with E-state index in [0.29, 0.717) is 33.8 Å². The lowest BCUT2D eigenvalue weighted by molar-refractivity contribution is -0.145. The fourth-order valence-corrected chi connectivity index (χ4v) is 5.66. The second-order valence-electron chi connectivity index (χ2n) is 10.5. The second kappa shape index (κ2) is 11.8. The van der Waals surface area contributed by atoms with Crippen molar-refractivity contribution in [2.24, 2.45) is 4.99 Å². The summed E-state index contributed by atoms with van der Waals surface area (Å²) in [4.78, 5) is 29.5. The molecule has 2 aliphatic rings. The van der Waals surface area contributed by atoms with Crippen LogP contribution in [0.15, 0.2) is 65.8 Å². The molecule has 1 N–H and O–H groups in total. The summed E-state index contributed by atoms with van der Waals surface area (Å²) in [6, 6.07) is 13.4. The molecule has 1 unspecified atom stereocenters. The van der Waals surface area contributed by atoms with Crippen LogP contribution in [-0.4, -0.2) is 50.5 Å². The lowest BCUT2D eigenvalue weighted by Crippen LogP contribution is -2.36. The number of alkyl halides is 3. The quantitative estimate of drug-likeness (QED) is 0.361. The van der Waals surface area contributed by atoms with Gasteiger partial charge in [-0.3, -0.25) is 9.79 Å². The van der Waals surface area contributed by atoms with Crippen LogP contribution >= 0.6 is 0 Å². The molecule has 0 saturated carbocycles. The van der Waals surface area contributed by atoms with Crippen LogP contribution in [0, 0.1) is 6.92 Å². The molecule has 1 atom stereocenters. The van der Waals surface area contributed by atoms with Crippen molar-refractivity contribution in [1.29, 1.82) is 0 Å². The van der Waals surface area contributed by atoms with Crippen LogP contribution in [0.4, 0.5) is 13.2 Å². The summed E-state index contributed by atoms with van der Waals surface area (Å²) in [7, 11) is 0. The SMILES string of the molecule is CC(=O)N1CCC(c2ccc(COc3ccccc3C3=NC(n4ncc(C(=O)O)c4C(F)(F)F)CC=C3)cc2C)CC1. The number of rotatable bonds is 7. The summed E-state index contributed by atoms with van der Waals surface area (Å²) in [6.45, 7) is 5.48. The summed E-state index contributed by atoms with van der Waals surface area (Å²) >= 11 is 0. The van der Waals surface area contributed by atoms with E-state index >= 15 is 0 Å². The van der Waals surface area contributed by atoms with E-state index in [9.17, 15) is 27.9 Å². The molecule has 2 aromatic carbocycles. The van der Waals surface area contributed by atoms with Crippen molar-refractivity contribution >= 4 is 17.6 Å². The number of likely N-dealkylation sites (tertiary alicyclic amines) is 1.